The Morgan fingerprint density at radius 2 is 2.20 bits per heavy atom. The predicted molar refractivity (Wildman–Crippen MR) is 20.5 cm³/mol. The van der Waals surface area contributed by atoms with Gasteiger partial charge in [-0.25, -0.2) is 0 Å². The van der Waals surface area contributed by atoms with Gasteiger partial charge in [-0.2, -0.15) is 0 Å². The summed E-state index contributed by atoms with van der Waals surface area (Å²) < 4.78 is 2.83. The first-order valence-electron chi connectivity index (χ1n) is 1.11. The maximum Gasteiger partial charge on any atom is 0.253 e. The molecule has 0 unspecified atom stereocenters. The van der Waals surface area contributed by atoms with Gasteiger partial charge in [-0.05, 0) is 0 Å². The molecule has 0 aliphatic heterocycles. The van der Waals surface area contributed by atoms with Crippen molar-refractivity contribution < 1.29 is 4.79 Å². The lowest BCUT2D eigenvalue weighted by molar-refractivity contribution is -0.115. The van der Waals surface area contributed by atoms with E-state index in [4.69, 9.17) is 0 Å². The minimum atomic E-state index is -0.306. The molecule has 0 saturated carbocycles. The van der Waals surface area contributed by atoms with Crippen LogP contribution in [0.5, 0.6) is 0 Å². The summed E-state index contributed by atoms with van der Waals surface area (Å²) in [6.07, 6.45) is 0. The molecule has 0 radical (unpaired) electrons. The maximum absolute atomic E-state index is 9.54. The third-order valence-electron chi connectivity index (χ3n) is 0.129. The molecule has 0 aliphatic carbocycles. The second-order valence-electron chi connectivity index (χ2n) is 0.610. The van der Waals surface area contributed by atoms with E-state index < -0.39 is 0 Å². The molecule has 0 aromatic heterocycles. The lowest BCUT2D eigenvalue weighted by atomic mass is 10.8. The smallest absolute Gasteiger partial charge is 0.253 e. The third kappa shape index (κ3) is 3.69. The van der Waals surface area contributed by atoms with E-state index >= 15 is 0 Å². The van der Waals surface area contributed by atoms with Crippen molar-refractivity contribution in [2.75, 3.05) is 0 Å². The van der Waals surface area contributed by atoms with Crippen LogP contribution in [0.15, 0.2) is 4.36 Å². The summed E-state index contributed by atoms with van der Waals surface area (Å²) >= 11 is 3.95. The highest BCUT2D eigenvalue weighted by atomic mass is 32.1. The molecule has 0 bridgehead atoms. The minimum absolute atomic E-state index is 0.306. The molecule has 0 saturated heterocycles. The number of hydrogen-bond acceptors (Lipinski definition) is 2. The molecule has 0 rings (SSSR count). The van der Waals surface area contributed by atoms with Crippen LogP contribution in [0, 0.1) is 0 Å². The lowest BCUT2D eigenvalue weighted by Gasteiger charge is -1.60. The Morgan fingerprint density at radius 1 is 2.00 bits per heavy atom. The maximum atomic E-state index is 9.54. The second kappa shape index (κ2) is 1.96. The number of amides is 1. The van der Waals surface area contributed by atoms with Gasteiger partial charge in [-0.15, -0.1) is 4.36 Å². The third-order valence-corrected chi connectivity index (χ3v) is 0.386. The largest absolute Gasteiger partial charge is 0.272 e. The molecule has 3 heteroatoms. The van der Waals surface area contributed by atoms with Crippen molar-refractivity contribution in [3.63, 3.8) is 0 Å². The topological polar surface area (TPSA) is 29.4 Å². The second-order valence-corrected chi connectivity index (χ2v) is 0.793. The summed E-state index contributed by atoms with van der Waals surface area (Å²) in [7, 11) is 0. The van der Waals surface area contributed by atoms with E-state index in [1.54, 1.807) is 0 Å². The van der Waals surface area contributed by atoms with E-state index in [1.165, 1.54) is 6.92 Å². The number of rotatable bonds is 0. The lowest BCUT2D eigenvalue weighted by Crippen LogP contribution is -1.74. The summed E-state index contributed by atoms with van der Waals surface area (Å²) in [5.74, 6) is -0.306. The Morgan fingerprint density at radius 3 is 2.20 bits per heavy atom. The molecule has 0 aromatic rings. The molecule has 1 amide bonds. The van der Waals surface area contributed by atoms with Crippen LogP contribution in [0.4, 0.5) is 0 Å². The first kappa shape index (κ1) is 4.69. The Hall–Kier alpha value is -0.310. The zero-order valence-corrected chi connectivity index (χ0v) is 3.58. The molecule has 0 aromatic carbocycles. The average molecular weight is 89.1 g/mol. The SMILES string of the molecule is CC(=O)N=S. The Labute approximate surface area is 35.4 Å². The Kier molecular flexibility index (Phi) is 1.84. The van der Waals surface area contributed by atoms with Crippen molar-refractivity contribution in [3.8, 4) is 0 Å². The van der Waals surface area contributed by atoms with Gasteiger partial charge >= 0.3 is 0 Å². The van der Waals surface area contributed by atoms with Gasteiger partial charge < -0.3 is 0 Å². The van der Waals surface area contributed by atoms with Crippen LogP contribution >= 0.6 is 0 Å². The van der Waals surface area contributed by atoms with Crippen molar-refractivity contribution >= 4 is 18.3 Å². The van der Waals surface area contributed by atoms with Crippen molar-refractivity contribution in [3.05, 3.63) is 0 Å². The van der Waals surface area contributed by atoms with E-state index in [1.807, 2.05) is 0 Å². The van der Waals surface area contributed by atoms with Crippen molar-refractivity contribution in [1.82, 2.24) is 0 Å². The summed E-state index contributed by atoms with van der Waals surface area (Å²) in [6.45, 7) is 1.31. The van der Waals surface area contributed by atoms with Crippen molar-refractivity contribution in [2.45, 2.75) is 6.92 Å². The van der Waals surface area contributed by atoms with Crippen LogP contribution in [-0.2, 0) is 17.2 Å². The molecule has 0 spiro atoms. The molecular formula is C2H3NOS. The average Bonchev–Trinajstić information content (AvgIpc) is 1.38. The molecule has 5 heavy (non-hydrogen) atoms. The Bertz CT molecular complexity index is 60.7. The van der Waals surface area contributed by atoms with E-state index in [0.717, 1.165) is 0 Å². The van der Waals surface area contributed by atoms with Crippen molar-refractivity contribution in [2.24, 2.45) is 4.36 Å². The Balaban J connectivity index is 3.20. The summed E-state index contributed by atoms with van der Waals surface area (Å²) in [4.78, 5) is 9.54. The fraction of sp³-hybridized carbons (Fsp3) is 0.500. The fourth-order valence-electron chi connectivity index (χ4n) is 0. The molecule has 28 valence electrons. The van der Waals surface area contributed by atoms with Gasteiger partial charge in [0, 0.05) is 19.3 Å². The van der Waals surface area contributed by atoms with E-state index in [2.05, 4.69) is 16.8 Å². The van der Waals surface area contributed by atoms with Crippen LogP contribution in [0.3, 0.4) is 0 Å². The van der Waals surface area contributed by atoms with Crippen LogP contribution in [0.25, 0.3) is 0 Å². The van der Waals surface area contributed by atoms with Gasteiger partial charge in [0.25, 0.3) is 5.91 Å². The molecule has 0 heterocycles. The van der Waals surface area contributed by atoms with Gasteiger partial charge in [0.15, 0.2) is 0 Å². The number of nitrogens with zero attached hydrogens (tertiary/aromatic N) is 1. The van der Waals surface area contributed by atoms with Crippen LogP contribution in [0.2, 0.25) is 0 Å². The minimum Gasteiger partial charge on any atom is -0.272 e. The van der Waals surface area contributed by atoms with Crippen LogP contribution in [-0.4, -0.2) is 5.91 Å². The normalized spacial score (nSPS) is 6.60. The molecule has 0 aliphatic rings. The zero-order valence-electron chi connectivity index (χ0n) is 2.76. The van der Waals surface area contributed by atoms with Crippen molar-refractivity contribution in [1.29, 1.82) is 0 Å². The van der Waals surface area contributed by atoms with Crippen LogP contribution < -0.4 is 0 Å². The highest BCUT2D eigenvalue weighted by molar-refractivity contribution is 7.47. The highest BCUT2D eigenvalue weighted by Crippen LogP contribution is 1.60. The molecule has 0 fully saturated rings. The van der Waals surface area contributed by atoms with Gasteiger partial charge in [0.1, 0.15) is 0 Å². The summed E-state index contributed by atoms with van der Waals surface area (Å²) in [6, 6.07) is 0. The molecular weight excluding hydrogens is 86.1 g/mol. The summed E-state index contributed by atoms with van der Waals surface area (Å²) in [5, 5.41) is 0. The first-order chi connectivity index (χ1) is 2.27. The number of carbonyl (C=O) groups is 1. The van der Waals surface area contributed by atoms with Gasteiger partial charge in [-0.3, -0.25) is 4.79 Å². The predicted octanol–water partition coefficient (Wildman–Crippen LogP) is 0.263. The standard InChI is InChI=1S/C2H3NOS/c1-2(4)3-5/h1H3. The molecule has 0 atom stereocenters. The molecule has 2 nitrogen and oxygen atoms in total. The highest BCUT2D eigenvalue weighted by Gasteiger charge is 1.73. The number of carbonyl (C=O) groups excluding carboxylic acids is 1. The van der Waals surface area contributed by atoms with Gasteiger partial charge in [-0.1, -0.05) is 0 Å². The fourth-order valence-corrected chi connectivity index (χ4v) is 0. The van der Waals surface area contributed by atoms with E-state index in [9.17, 15) is 4.79 Å². The van der Waals surface area contributed by atoms with E-state index in [-0.39, 0.29) is 5.91 Å². The quantitative estimate of drug-likeness (QED) is 0.426. The monoisotopic (exact) mass is 89.0 g/mol. The van der Waals surface area contributed by atoms with Gasteiger partial charge in [0.05, 0.1) is 0 Å². The number of hydrogen-bond donors (Lipinski definition) is 0. The zero-order chi connectivity index (χ0) is 4.28. The molecule has 0 N–H and O–H groups in total. The summed E-state index contributed by atoms with van der Waals surface area (Å²) in [5.41, 5.74) is 0. The van der Waals surface area contributed by atoms with Crippen LogP contribution in [0.1, 0.15) is 6.92 Å². The van der Waals surface area contributed by atoms with Gasteiger partial charge in [0.2, 0.25) is 0 Å². The van der Waals surface area contributed by atoms with E-state index in [0.29, 0.717) is 0 Å². The first-order valence-corrected chi connectivity index (χ1v) is 1.48.